The van der Waals surface area contributed by atoms with Gasteiger partial charge < -0.3 is 10.6 Å². The number of carbonyl (C=O) groups is 1. The lowest BCUT2D eigenvalue weighted by Gasteiger charge is -2.16. The smallest absolute Gasteiger partial charge is 0.207 e. The van der Waals surface area contributed by atoms with E-state index in [1.165, 1.54) is 29.7 Å². The number of aryl methyl sites for hydroxylation is 2. The van der Waals surface area contributed by atoms with E-state index in [0.717, 1.165) is 32.2 Å². The molecule has 4 nitrogen and oxygen atoms in total. The van der Waals surface area contributed by atoms with Crippen LogP contribution in [0.15, 0.2) is 12.3 Å². The highest BCUT2D eigenvalue weighted by molar-refractivity contribution is 5.45. The highest BCUT2D eigenvalue weighted by Crippen LogP contribution is 2.24. The third kappa shape index (κ3) is 4.30. The van der Waals surface area contributed by atoms with Gasteiger partial charge in [-0.25, -0.2) is 0 Å². The van der Waals surface area contributed by atoms with Crippen LogP contribution < -0.4 is 10.6 Å². The number of hydrogen-bond acceptors (Lipinski definition) is 3. The average molecular weight is 275 g/mol. The van der Waals surface area contributed by atoms with Crippen molar-refractivity contribution in [2.75, 3.05) is 6.54 Å². The van der Waals surface area contributed by atoms with Gasteiger partial charge in [0.2, 0.25) is 6.41 Å². The third-order valence-electron chi connectivity index (χ3n) is 3.83. The molecule has 0 spiro atoms. The predicted molar refractivity (Wildman–Crippen MR) is 80.6 cm³/mol. The molecule has 20 heavy (non-hydrogen) atoms. The molecule has 1 fully saturated rings. The maximum Gasteiger partial charge on any atom is 0.207 e. The molecule has 1 atom stereocenters. The summed E-state index contributed by atoms with van der Waals surface area (Å²) in [4.78, 5) is 14.9. The zero-order valence-electron chi connectivity index (χ0n) is 12.5. The van der Waals surface area contributed by atoms with Crippen LogP contribution in [0, 0.1) is 0 Å². The number of carbonyl (C=O) groups excluding carboxylic acids is 1. The van der Waals surface area contributed by atoms with E-state index in [9.17, 15) is 4.79 Å². The predicted octanol–water partition coefficient (Wildman–Crippen LogP) is 2.14. The SMILES string of the molecule is CCc1ncc(C(C)NC2CC2)cc1CCCNC=O. The summed E-state index contributed by atoms with van der Waals surface area (Å²) < 4.78 is 0. The lowest BCUT2D eigenvalue weighted by Crippen LogP contribution is -2.21. The summed E-state index contributed by atoms with van der Waals surface area (Å²) in [6.07, 6.45) is 8.26. The van der Waals surface area contributed by atoms with Gasteiger partial charge >= 0.3 is 0 Å². The van der Waals surface area contributed by atoms with E-state index in [-0.39, 0.29) is 0 Å². The summed E-state index contributed by atoms with van der Waals surface area (Å²) in [5.41, 5.74) is 3.77. The van der Waals surface area contributed by atoms with Crippen molar-refractivity contribution in [2.45, 2.75) is 58.0 Å². The molecule has 2 N–H and O–H groups in total. The number of nitrogens with one attached hydrogen (secondary N) is 2. The van der Waals surface area contributed by atoms with Crippen LogP contribution in [0.2, 0.25) is 0 Å². The average Bonchev–Trinajstić information content (AvgIpc) is 3.27. The van der Waals surface area contributed by atoms with Crippen molar-refractivity contribution < 1.29 is 4.79 Å². The molecule has 110 valence electrons. The second kappa shape index (κ2) is 7.39. The van der Waals surface area contributed by atoms with Gasteiger partial charge in [0.1, 0.15) is 0 Å². The van der Waals surface area contributed by atoms with Crippen molar-refractivity contribution in [3.05, 3.63) is 29.1 Å². The zero-order chi connectivity index (χ0) is 14.4. The van der Waals surface area contributed by atoms with Crippen LogP contribution >= 0.6 is 0 Å². The summed E-state index contributed by atoms with van der Waals surface area (Å²) in [5.74, 6) is 0. The second-order valence-electron chi connectivity index (χ2n) is 5.57. The molecule has 1 aliphatic rings. The Bertz CT molecular complexity index is 443. The molecule has 0 radical (unpaired) electrons. The lowest BCUT2D eigenvalue weighted by molar-refractivity contribution is -0.109. The lowest BCUT2D eigenvalue weighted by atomic mass is 10.0. The number of amides is 1. The Labute approximate surface area is 121 Å². The molecule has 0 bridgehead atoms. The summed E-state index contributed by atoms with van der Waals surface area (Å²) in [5, 5.41) is 6.33. The van der Waals surface area contributed by atoms with Gasteiger partial charge in [-0.15, -0.1) is 0 Å². The van der Waals surface area contributed by atoms with Crippen LogP contribution in [0.1, 0.15) is 56.0 Å². The van der Waals surface area contributed by atoms with Gasteiger partial charge in [-0.1, -0.05) is 13.0 Å². The molecular weight excluding hydrogens is 250 g/mol. The Balaban J connectivity index is 2.00. The van der Waals surface area contributed by atoms with E-state index in [1.807, 2.05) is 6.20 Å². The van der Waals surface area contributed by atoms with Crippen molar-refractivity contribution in [3.63, 3.8) is 0 Å². The molecule has 4 heteroatoms. The summed E-state index contributed by atoms with van der Waals surface area (Å²) in [6, 6.07) is 3.36. The van der Waals surface area contributed by atoms with Gasteiger partial charge in [0.25, 0.3) is 0 Å². The Morgan fingerprint density at radius 3 is 2.95 bits per heavy atom. The van der Waals surface area contributed by atoms with Crippen LogP contribution in [0.25, 0.3) is 0 Å². The number of rotatable bonds is 9. The van der Waals surface area contributed by atoms with Crippen molar-refractivity contribution in [2.24, 2.45) is 0 Å². The Morgan fingerprint density at radius 1 is 1.50 bits per heavy atom. The van der Waals surface area contributed by atoms with Gasteiger partial charge in [-0.2, -0.15) is 0 Å². The molecule has 2 rings (SSSR count). The maximum atomic E-state index is 10.3. The van der Waals surface area contributed by atoms with E-state index >= 15 is 0 Å². The maximum absolute atomic E-state index is 10.3. The third-order valence-corrected chi connectivity index (χ3v) is 3.83. The molecule has 1 aromatic heterocycles. The highest BCUT2D eigenvalue weighted by Gasteiger charge is 2.23. The van der Waals surface area contributed by atoms with Crippen LogP contribution in [-0.2, 0) is 17.6 Å². The summed E-state index contributed by atoms with van der Waals surface area (Å²) in [6.45, 7) is 5.08. The fourth-order valence-electron chi connectivity index (χ4n) is 2.47. The number of hydrogen-bond donors (Lipinski definition) is 2. The van der Waals surface area contributed by atoms with E-state index in [0.29, 0.717) is 12.1 Å². The fourth-order valence-corrected chi connectivity index (χ4v) is 2.47. The molecule has 1 unspecified atom stereocenters. The van der Waals surface area contributed by atoms with E-state index in [2.05, 4.69) is 35.5 Å². The van der Waals surface area contributed by atoms with Crippen molar-refractivity contribution in [1.82, 2.24) is 15.6 Å². The minimum Gasteiger partial charge on any atom is -0.359 e. The minimum atomic E-state index is 0.368. The molecule has 0 aromatic carbocycles. The highest BCUT2D eigenvalue weighted by atomic mass is 16.1. The topological polar surface area (TPSA) is 54.0 Å². The molecule has 1 amide bonds. The molecule has 1 aliphatic carbocycles. The Hall–Kier alpha value is -1.42. The van der Waals surface area contributed by atoms with Gasteiger partial charge in [-0.3, -0.25) is 9.78 Å². The van der Waals surface area contributed by atoms with E-state index in [1.54, 1.807) is 0 Å². The normalized spacial score (nSPS) is 15.9. The monoisotopic (exact) mass is 275 g/mol. The number of pyridine rings is 1. The van der Waals surface area contributed by atoms with Gasteiger partial charge in [-0.05, 0) is 50.2 Å². The second-order valence-corrected chi connectivity index (χ2v) is 5.57. The van der Waals surface area contributed by atoms with Crippen LogP contribution in [-0.4, -0.2) is 24.0 Å². The van der Waals surface area contributed by atoms with Crippen molar-refractivity contribution in [3.8, 4) is 0 Å². The van der Waals surface area contributed by atoms with Gasteiger partial charge in [0.15, 0.2) is 0 Å². The minimum absolute atomic E-state index is 0.368. The first-order valence-electron chi connectivity index (χ1n) is 7.65. The first-order valence-corrected chi connectivity index (χ1v) is 7.65. The van der Waals surface area contributed by atoms with Crippen molar-refractivity contribution in [1.29, 1.82) is 0 Å². The molecule has 1 heterocycles. The molecular formula is C16H25N3O. The van der Waals surface area contributed by atoms with E-state index < -0.39 is 0 Å². The standard InChI is InChI=1S/C16H25N3O/c1-3-16-13(5-4-8-17-11-20)9-14(10-18-16)12(2)19-15-6-7-15/h9-12,15,19H,3-8H2,1-2H3,(H,17,20). The van der Waals surface area contributed by atoms with Crippen LogP contribution in [0.3, 0.4) is 0 Å². The Kier molecular flexibility index (Phi) is 5.53. The first kappa shape index (κ1) is 15.0. The zero-order valence-corrected chi connectivity index (χ0v) is 12.5. The van der Waals surface area contributed by atoms with Crippen LogP contribution in [0.5, 0.6) is 0 Å². The first-order chi connectivity index (χ1) is 9.74. The molecule has 1 saturated carbocycles. The summed E-state index contributed by atoms with van der Waals surface area (Å²) in [7, 11) is 0. The van der Waals surface area contributed by atoms with Gasteiger partial charge in [0, 0.05) is 30.5 Å². The fraction of sp³-hybridized carbons (Fsp3) is 0.625. The number of nitrogens with zero attached hydrogens (tertiary/aromatic N) is 1. The van der Waals surface area contributed by atoms with E-state index in [4.69, 9.17) is 0 Å². The largest absolute Gasteiger partial charge is 0.359 e. The summed E-state index contributed by atoms with van der Waals surface area (Å²) >= 11 is 0. The van der Waals surface area contributed by atoms with Gasteiger partial charge in [0.05, 0.1) is 0 Å². The van der Waals surface area contributed by atoms with Crippen LogP contribution in [0.4, 0.5) is 0 Å². The molecule has 0 aliphatic heterocycles. The number of aromatic nitrogens is 1. The van der Waals surface area contributed by atoms with Crippen molar-refractivity contribution >= 4 is 6.41 Å². The quantitative estimate of drug-likeness (QED) is 0.536. The Morgan fingerprint density at radius 2 is 2.30 bits per heavy atom. The molecule has 0 saturated heterocycles. The molecule has 1 aromatic rings.